The van der Waals surface area contributed by atoms with Gasteiger partial charge in [0.2, 0.25) is 0 Å². The average molecular weight is 523 g/mol. The number of nitrogens with one attached hydrogen (secondary N) is 2. The first-order valence-electron chi connectivity index (χ1n) is 9.32. The van der Waals surface area contributed by atoms with Crippen molar-refractivity contribution in [1.82, 2.24) is 15.5 Å². The average Bonchev–Trinajstić information content (AvgIpc) is 2.64. The molecule has 152 valence electrons. The van der Waals surface area contributed by atoms with Crippen LogP contribution in [0.15, 0.2) is 41.9 Å². The molecule has 7 heteroatoms. The van der Waals surface area contributed by atoms with Gasteiger partial charge in [-0.3, -0.25) is 9.89 Å². The summed E-state index contributed by atoms with van der Waals surface area (Å²) in [5.74, 6) is 0.913. The maximum atomic E-state index is 6.14. The fourth-order valence-electron chi connectivity index (χ4n) is 3.15. The molecule has 0 spiro atoms. The van der Waals surface area contributed by atoms with Gasteiger partial charge in [0.25, 0.3) is 0 Å². The predicted octanol–water partition coefficient (Wildman–Crippen LogP) is 4.57. The van der Waals surface area contributed by atoms with E-state index in [-0.39, 0.29) is 24.0 Å². The van der Waals surface area contributed by atoms with Gasteiger partial charge in [0.05, 0.1) is 6.54 Å². The Morgan fingerprint density at radius 1 is 1.44 bits per heavy atom. The third-order valence-corrected chi connectivity index (χ3v) is 5.81. The number of likely N-dealkylation sites (tertiary alicyclic amines) is 1. The summed E-state index contributed by atoms with van der Waals surface area (Å²) in [6.45, 7) is 10.7. The zero-order chi connectivity index (χ0) is 18.8. The second-order valence-corrected chi connectivity index (χ2v) is 7.98. The van der Waals surface area contributed by atoms with E-state index in [1.165, 1.54) is 5.56 Å². The Kier molecular flexibility index (Phi) is 12.5. The van der Waals surface area contributed by atoms with Crippen molar-refractivity contribution in [2.24, 2.45) is 4.99 Å². The molecule has 1 aromatic carbocycles. The molecule has 2 rings (SSSR count). The van der Waals surface area contributed by atoms with Gasteiger partial charge in [-0.15, -0.1) is 30.6 Å². The van der Waals surface area contributed by atoms with Crippen molar-refractivity contribution in [2.75, 3.05) is 39.0 Å². The fraction of sp³-hybridized carbons (Fsp3) is 0.550. The lowest BCUT2D eigenvalue weighted by atomic mass is 10.1. The van der Waals surface area contributed by atoms with E-state index in [2.05, 4.69) is 41.4 Å². The molecule has 0 amide bonds. The number of thioether (sulfide) groups is 1. The molecule has 0 bridgehead atoms. The zero-order valence-electron chi connectivity index (χ0n) is 16.3. The van der Waals surface area contributed by atoms with Crippen LogP contribution in [0.25, 0.3) is 0 Å². The standard InChI is InChI=1S/C20H31ClN4S.HI/c1-4-11-25-12-9-18(10-13-25)24-20(22-5-2)23-15-19(26-3)16-7-6-8-17(21)14-16;/h4,6-8,14,18-19H,1,5,9-13,15H2,2-3H3,(H2,22,23,24);1H. The summed E-state index contributed by atoms with van der Waals surface area (Å²) < 4.78 is 0. The van der Waals surface area contributed by atoms with E-state index < -0.39 is 0 Å². The molecule has 0 aliphatic carbocycles. The van der Waals surface area contributed by atoms with E-state index >= 15 is 0 Å². The van der Waals surface area contributed by atoms with Crippen LogP contribution in [0.2, 0.25) is 5.02 Å². The van der Waals surface area contributed by atoms with Crippen molar-refractivity contribution in [2.45, 2.75) is 31.1 Å². The summed E-state index contributed by atoms with van der Waals surface area (Å²) in [5, 5.41) is 8.08. The first-order chi connectivity index (χ1) is 12.7. The van der Waals surface area contributed by atoms with Crippen molar-refractivity contribution >= 4 is 53.3 Å². The number of aliphatic imine (C=N–C) groups is 1. The molecule has 1 aromatic rings. The number of halogens is 2. The maximum Gasteiger partial charge on any atom is 0.191 e. The SMILES string of the molecule is C=CCN1CCC(NC(=NCC(SC)c2cccc(Cl)c2)NCC)CC1.I. The van der Waals surface area contributed by atoms with Crippen LogP contribution in [0.5, 0.6) is 0 Å². The number of guanidine groups is 1. The van der Waals surface area contributed by atoms with Crippen molar-refractivity contribution in [3.05, 3.63) is 47.5 Å². The van der Waals surface area contributed by atoms with E-state index in [0.29, 0.717) is 11.3 Å². The van der Waals surface area contributed by atoms with Gasteiger partial charge in [0.15, 0.2) is 5.96 Å². The summed E-state index contributed by atoms with van der Waals surface area (Å²) in [5.41, 5.74) is 1.22. The molecule has 1 aliphatic rings. The zero-order valence-corrected chi connectivity index (χ0v) is 20.2. The van der Waals surface area contributed by atoms with Gasteiger partial charge in [-0.2, -0.15) is 11.8 Å². The van der Waals surface area contributed by atoms with Crippen LogP contribution in [-0.4, -0.2) is 55.9 Å². The van der Waals surface area contributed by atoms with Gasteiger partial charge < -0.3 is 10.6 Å². The maximum absolute atomic E-state index is 6.14. The van der Waals surface area contributed by atoms with E-state index in [1.54, 1.807) is 11.8 Å². The van der Waals surface area contributed by atoms with Gasteiger partial charge in [-0.05, 0) is 43.7 Å². The van der Waals surface area contributed by atoms with Gasteiger partial charge in [-0.1, -0.05) is 29.8 Å². The van der Waals surface area contributed by atoms with E-state index in [4.69, 9.17) is 16.6 Å². The van der Waals surface area contributed by atoms with Crippen molar-refractivity contribution in [3.8, 4) is 0 Å². The predicted molar refractivity (Wildman–Crippen MR) is 132 cm³/mol. The van der Waals surface area contributed by atoms with Crippen molar-refractivity contribution < 1.29 is 0 Å². The third kappa shape index (κ3) is 8.62. The summed E-state index contributed by atoms with van der Waals surface area (Å²) >= 11 is 7.95. The van der Waals surface area contributed by atoms with Gasteiger partial charge in [0, 0.05) is 42.5 Å². The van der Waals surface area contributed by atoms with Crippen LogP contribution in [0.3, 0.4) is 0 Å². The highest BCUT2D eigenvalue weighted by molar-refractivity contribution is 14.0. The molecule has 0 aromatic heterocycles. The lowest BCUT2D eigenvalue weighted by Crippen LogP contribution is -2.48. The third-order valence-electron chi connectivity index (χ3n) is 4.58. The molecule has 1 aliphatic heterocycles. The van der Waals surface area contributed by atoms with Gasteiger partial charge in [-0.25, -0.2) is 0 Å². The Hall–Kier alpha value is -0.440. The number of nitrogens with zero attached hydrogens (tertiary/aromatic N) is 2. The second-order valence-electron chi connectivity index (χ2n) is 6.51. The Balaban J connectivity index is 0.00000364. The summed E-state index contributed by atoms with van der Waals surface area (Å²) in [6.07, 6.45) is 6.38. The molecular weight excluding hydrogens is 491 g/mol. The number of piperidine rings is 1. The molecule has 0 saturated carbocycles. The first-order valence-corrected chi connectivity index (χ1v) is 11.0. The number of hydrogen-bond donors (Lipinski definition) is 2. The first kappa shape index (κ1) is 24.6. The molecule has 1 unspecified atom stereocenters. The molecule has 4 nitrogen and oxygen atoms in total. The molecular formula is C20H32ClIN4S. The van der Waals surface area contributed by atoms with Crippen LogP contribution in [-0.2, 0) is 0 Å². The molecule has 27 heavy (non-hydrogen) atoms. The van der Waals surface area contributed by atoms with Crippen molar-refractivity contribution in [3.63, 3.8) is 0 Å². The van der Waals surface area contributed by atoms with Crippen LogP contribution >= 0.6 is 47.3 Å². The largest absolute Gasteiger partial charge is 0.357 e. The molecule has 1 fully saturated rings. The number of hydrogen-bond acceptors (Lipinski definition) is 3. The minimum Gasteiger partial charge on any atom is -0.357 e. The normalized spacial score (nSPS) is 17.1. The summed E-state index contributed by atoms with van der Waals surface area (Å²) in [7, 11) is 0. The monoisotopic (exact) mass is 522 g/mol. The highest BCUT2D eigenvalue weighted by Crippen LogP contribution is 2.28. The second kappa shape index (κ2) is 13.7. The molecule has 0 radical (unpaired) electrons. The topological polar surface area (TPSA) is 39.7 Å². The number of rotatable bonds is 8. The van der Waals surface area contributed by atoms with E-state index in [0.717, 1.165) is 56.5 Å². The van der Waals surface area contributed by atoms with E-state index in [9.17, 15) is 0 Å². The quantitative estimate of drug-likeness (QED) is 0.227. The lowest BCUT2D eigenvalue weighted by Gasteiger charge is -2.32. The van der Waals surface area contributed by atoms with Gasteiger partial charge >= 0.3 is 0 Å². The smallest absolute Gasteiger partial charge is 0.191 e. The molecule has 1 atom stereocenters. The molecule has 2 N–H and O–H groups in total. The highest BCUT2D eigenvalue weighted by Gasteiger charge is 2.19. The Morgan fingerprint density at radius 3 is 2.78 bits per heavy atom. The van der Waals surface area contributed by atoms with Crippen LogP contribution in [0.4, 0.5) is 0 Å². The fourth-order valence-corrected chi connectivity index (χ4v) is 3.99. The van der Waals surface area contributed by atoms with Gasteiger partial charge in [0.1, 0.15) is 0 Å². The lowest BCUT2D eigenvalue weighted by molar-refractivity contribution is 0.225. The highest BCUT2D eigenvalue weighted by atomic mass is 127. The van der Waals surface area contributed by atoms with Crippen LogP contribution in [0, 0.1) is 0 Å². The Morgan fingerprint density at radius 2 is 2.19 bits per heavy atom. The summed E-state index contributed by atoms with van der Waals surface area (Å²) in [4.78, 5) is 7.28. The molecule has 1 heterocycles. The van der Waals surface area contributed by atoms with Crippen LogP contribution < -0.4 is 10.6 Å². The van der Waals surface area contributed by atoms with Crippen molar-refractivity contribution in [1.29, 1.82) is 0 Å². The van der Waals surface area contributed by atoms with Crippen LogP contribution in [0.1, 0.15) is 30.6 Å². The minimum absolute atomic E-state index is 0. The number of benzene rings is 1. The summed E-state index contributed by atoms with van der Waals surface area (Å²) in [6, 6.07) is 8.56. The minimum atomic E-state index is 0. The Labute approximate surface area is 190 Å². The van der Waals surface area contributed by atoms with E-state index in [1.807, 2.05) is 24.3 Å². The molecule has 1 saturated heterocycles. The Bertz CT molecular complexity index is 591.